The number of amides is 2. The minimum atomic E-state index is -4.55. The van der Waals surface area contributed by atoms with E-state index in [0.29, 0.717) is 18.4 Å². The van der Waals surface area contributed by atoms with E-state index in [1.807, 2.05) is 0 Å². The van der Waals surface area contributed by atoms with E-state index in [2.05, 4.69) is 4.72 Å². The highest BCUT2D eigenvalue weighted by atomic mass is 32.2. The number of nitrogens with zero attached hydrogens (tertiary/aromatic N) is 1. The second-order valence-corrected chi connectivity index (χ2v) is 10.5. The highest BCUT2D eigenvalue weighted by Crippen LogP contribution is 2.39. The number of sulfonamides is 1. The molecule has 2 fully saturated rings. The van der Waals surface area contributed by atoms with Crippen molar-refractivity contribution in [1.29, 1.82) is 0 Å². The number of alkyl halides is 3. The maximum atomic E-state index is 13.0. The van der Waals surface area contributed by atoms with E-state index >= 15 is 0 Å². The summed E-state index contributed by atoms with van der Waals surface area (Å²) in [4.78, 5) is 26.5. The van der Waals surface area contributed by atoms with E-state index in [-0.39, 0.29) is 52.9 Å². The van der Waals surface area contributed by atoms with Crippen molar-refractivity contribution in [1.82, 2.24) is 9.62 Å². The van der Waals surface area contributed by atoms with Crippen LogP contribution in [0.15, 0.2) is 47.4 Å². The van der Waals surface area contributed by atoms with Crippen LogP contribution in [0.3, 0.4) is 0 Å². The number of hydrogen-bond acceptors (Lipinski definition) is 5. The molecule has 2 atom stereocenters. The van der Waals surface area contributed by atoms with Crippen molar-refractivity contribution >= 4 is 21.8 Å². The predicted octanol–water partition coefficient (Wildman–Crippen LogP) is 3.87. The monoisotopic (exact) mass is 510 g/mol. The molecule has 2 amide bonds. The van der Waals surface area contributed by atoms with Gasteiger partial charge in [0.15, 0.2) is 0 Å². The van der Waals surface area contributed by atoms with Crippen LogP contribution < -0.4 is 9.46 Å². The van der Waals surface area contributed by atoms with Crippen LogP contribution in [-0.2, 0) is 38.9 Å². The molecule has 1 aliphatic carbocycles. The van der Waals surface area contributed by atoms with Crippen LogP contribution in [0, 0.1) is 11.8 Å². The van der Waals surface area contributed by atoms with Gasteiger partial charge in [0, 0.05) is 6.54 Å². The first-order chi connectivity index (χ1) is 16.5. The number of likely N-dealkylation sites (tertiary alicyclic amines) is 1. The molecular weight excluding hydrogens is 485 g/mol. The first-order valence-electron chi connectivity index (χ1n) is 11.2. The fraction of sp³-hybridized carbons (Fsp3) is 0.417. The molecule has 2 aliphatic rings. The largest absolute Gasteiger partial charge is 0.495 e. The minimum Gasteiger partial charge on any atom is -0.495 e. The van der Waals surface area contributed by atoms with Crippen LogP contribution >= 0.6 is 0 Å². The number of carbonyl (C=O) groups is 2. The molecule has 1 saturated heterocycles. The van der Waals surface area contributed by atoms with Gasteiger partial charge in [-0.1, -0.05) is 37.1 Å². The van der Waals surface area contributed by atoms with Crippen LogP contribution in [0.4, 0.5) is 13.2 Å². The molecule has 35 heavy (non-hydrogen) atoms. The quantitative estimate of drug-likeness (QED) is 0.571. The molecule has 11 heteroatoms. The molecule has 2 unspecified atom stereocenters. The second kappa shape index (κ2) is 9.62. The van der Waals surface area contributed by atoms with Crippen molar-refractivity contribution in [3.05, 3.63) is 59.2 Å². The molecule has 2 aromatic rings. The summed E-state index contributed by atoms with van der Waals surface area (Å²) in [5.41, 5.74) is -0.325. The lowest BCUT2D eigenvalue weighted by Gasteiger charge is -2.19. The molecular formula is C24H25F3N2O5S. The minimum absolute atomic E-state index is 0.0260. The molecule has 0 bridgehead atoms. The Bertz CT molecular complexity index is 1220. The highest BCUT2D eigenvalue weighted by Gasteiger charge is 2.48. The lowest BCUT2D eigenvalue weighted by molar-refractivity contribution is -0.141. The zero-order chi connectivity index (χ0) is 25.4. The lowest BCUT2D eigenvalue weighted by atomic mass is 9.81. The number of carbonyl (C=O) groups excluding carboxylic acids is 2. The fourth-order valence-corrected chi connectivity index (χ4v) is 5.95. The maximum Gasteiger partial charge on any atom is 0.416 e. The van der Waals surface area contributed by atoms with E-state index in [0.717, 1.165) is 25.0 Å². The molecule has 2 aromatic carbocycles. The van der Waals surface area contributed by atoms with E-state index in [1.54, 1.807) is 6.07 Å². The fourth-order valence-electron chi connectivity index (χ4n) is 4.71. The van der Waals surface area contributed by atoms with E-state index in [1.165, 1.54) is 36.3 Å². The number of rotatable bonds is 7. The molecule has 0 spiro atoms. The maximum absolute atomic E-state index is 13.0. The lowest BCUT2D eigenvalue weighted by Crippen LogP contribution is -2.30. The predicted molar refractivity (Wildman–Crippen MR) is 119 cm³/mol. The normalized spacial score (nSPS) is 20.7. The number of hydrogen-bond donors (Lipinski definition) is 1. The SMILES string of the molecule is COc1ccc(CN2C(=O)C3CCCCC3C2=O)cc1S(=O)(=O)NCc1cccc(C(F)(F)F)c1. The van der Waals surface area contributed by atoms with Gasteiger partial charge in [-0.3, -0.25) is 14.5 Å². The summed E-state index contributed by atoms with van der Waals surface area (Å²) in [6, 6.07) is 8.68. The number of ether oxygens (including phenoxy) is 1. The number of benzene rings is 2. The van der Waals surface area contributed by atoms with Gasteiger partial charge in [-0.2, -0.15) is 13.2 Å². The molecule has 7 nitrogen and oxygen atoms in total. The summed E-state index contributed by atoms with van der Waals surface area (Å²) in [7, 11) is -2.91. The summed E-state index contributed by atoms with van der Waals surface area (Å²) in [5.74, 6) is -1.07. The van der Waals surface area contributed by atoms with Crippen molar-refractivity contribution < 1.29 is 35.9 Å². The number of halogens is 3. The zero-order valence-corrected chi connectivity index (χ0v) is 19.8. The molecule has 1 aliphatic heterocycles. The van der Waals surface area contributed by atoms with Crippen LogP contribution in [0.25, 0.3) is 0 Å². The standard InChI is InChI=1S/C24H25F3N2O5S/c1-34-20-10-9-16(14-29-22(30)18-7-2-3-8-19(18)23(29)31)12-21(20)35(32,33)28-13-15-5-4-6-17(11-15)24(25,26)27/h4-6,9-12,18-19,28H,2-3,7-8,13-14H2,1H3. The first-order valence-corrected chi connectivity index (χ1v) is 12.7. The summed E-state index contributed by atoms with van der Waals surface area (Å²) >= 11 is 0. The number of fused-ring (bicyclic) bond motifs is 1. The van der Waals surface area contributed by atoms with Crippen molar-refractivity contribution in [2.75, 3.05) is 7.11 Å². The van der Waals surface area contributed by atoms with Gasteiger partial charge in [0.1, 0.15) is 10.6 Å². The van der Waals surface area contributed by atoms with Gasteiger partial charge in [0.25, 0.3) is 0 Å². The molecule has 1 N–H and O–H groups in total. The Morgan fingerprint density at radius 2 is 1.66 bits per heavy atom. The number of nitrogens with one attached hydrogen (secondary N) is 1. The van der Waals surface area contributed by atoms with Gasteiger partial charge in [0.05, 0.1) is 31.1 Å². The van der Waals surface area contributed by atoms with Gasteiger partial charge < -0.3 is 4.74 Å². The van der Waals surface area contributed by atoms with Gasteiger partial charge in [-0.25, -0.2) is 13.1 Å². The van der Waals surface area contributed by atoms with Gasteiger partial charge in [-0.05, 0) is 42.2 Å². The van der Waals surface area contributed by atoms with Crippen LogP contribution in [0.1, 0.15) is 42.4 Å². The first kappa shape index (κ1) is 25.2. The Kier molecular flexibility index (Phi) is 6.92. The summed E-state index contributed by atoms with van der Waals surface area (Å²) in [6.07, 6.45) is -1.40. The van der Waals surface area contributed by atoms with Crippen LogP contribution in [0.5, 0.6) is 5.75 Å². The van der Waals surface area contributed by atoms with Gasteiger partial charge in [0.2, 0.25) is 21.8 Å². The molecule has 1 heterocycles. The Balaban J connectivity index is 1.54. The smallest absolute Gasteiger partial charge is 0.416 e. The van der Waals surface area contributed by atoms with Crippen molar-refractivity contribution in [2.24, 2.45) is 11.8 Å². The van der Waals surface area contributed by atoms with E-state index in [4.69, 9.17) is 4.74 Å². The molecule has 4 rings (SSSR count). The van der Waals surface area contributed by atoms with E-state index in [9.17, 15) is 31.2 Å². The van der Waals surface area contributed by atoms with Crippen LogP contribution in [-0.4, -0.2) is 32.2 Å². The molecule has 0 aromatic heterocycles. The summed E-state index contributed by atoms with van der Waals surface area (Å²) in [5, 5.41) is 0. The van der Waals surface area contributed by atoms with Crippen molar-refractivity contribution in [3.63, 3.8) is 0 Å². The average molecular weight is 511 g/mol. The highest BCUT2D eigenvalue weighted by molar-refractivity contribution is 7.89. The number of imide groups is 1. The average Bonchev–Trinajstić information content (AvgIpc) is 3.07. The summed E-state index contributed by atoms with van der Waals surface area (Å²) < 4.78 is 72.4. The Morgan fingerprint density at radius 3 is 2.26 bits per heavy atom. The van der Waals surface area contributed by atoms with Gasteiger partial charge >= 0.3 is 6.18 Å². The molecule has 0 radical (unpaired) electrons. The second-order valence-electron chi connectivity index (χ2n) is 8.77. The topological polar surface area (TPSA) is 92.8 Å². The van der Waals surface area contributed by atoms with Crippen molar-refractivity contribution in [2.45, 2.75) is 49.8 Å². The third-order valence-electron chi connectivity index (χ3n) is 6.51. The van der Waals surface area contributed by atoms with E-state index < -0.39 is 21.8 Å². The number of methoxy groups -OCH3 is 1. The summed E-state index contributed by atoms with van der Waals surface area (Å²) in [6.45, 7) is -0.434. The third kappa shape index (κ3) is 5.20. The Hall–Kier alpha value is -2.92. The van der Waals surface area contributed by atoms with Gasteiger partial charge in [-0.15, -0.1) is 0 Å². The molecule has 1 saturated carbocycles. The zero-order valence-electron chi connectivity index (χ0n) is 19.0. The third-order valence-corrected chi connectivity index (χ3v) is 7.93. The van der Waals surface area contributed by atoms with Crippen molar-refractivity contribution in [3.8, 4) is 5.75 Å². The Morgan fingerprint density at radius 1 is 1.00 bits per heavy atom. The Labute approximate surface area is 201 Å². The molecule has 188 valence electrons. The van der Waals surface area contributed by atoms with Crippen LogP contribution in [0.2, 0.25) is 0 Å².